The number of carbonyl (C=O) groups excluding carboxylic acids is 13. The summed E-state index contributed by atoms with van der Waals surface area (Å²) in [7, 11) is 2.51. The number of carbonyl (C=O) groups is 15. The minimum atomic E-state index is -1.19. The molecule has 114 heavy (non-hydrogen) atoms. The standard InChI is InChI=1S/C19H35N3O7.C18H33N3O7.C18H35N3O6.C17H32N2O5.C3H7NO2/c1-18(2,3)28-16(25)20-11-9-8-10-13(15(24)21-12-14(23)27-7)22-17(26)29-19(4,5)6;1-17(2,3)27-15(25)19-10-8-7-9-12(14(24)20-11-13(22)23)21-16(26)28-18(4,5)6;1-17(2,3)26-15(24)20-10-8-7-9-13(11-19-12-14(22)23)21-16(25)27-18(4,5)6;1-12(20)13(19-15(22)24-17(5,6)7)10-8-9-11-18-14(21)23-16(2,3)4;1-6-3(5)2-4/h13H,8-12H2,1-7H3,(H,20,25)(H,21,24)(H,22,26);12H,7-11H2,1-6H3,(H,19,25)(H,20,24)(H,21,26)(H,22,23);13,19H,7-12H2,1-6H3,(H,20,24)(H,21,25)(H,22,23);13H,8-11H2,1-7H3,(H,18,21)(H,19,22);2,4H2,1H3. The fourth-order valence-electron chi connectivity index (χ4n) is 8.00. The topological polar surface area (TPSA) is 547 Å². The number of unbranched alkanes of at least 4 members (excludes halogenated alkanes) is 4. The number of methoxy groups -OCH3 is 2. The molecule has 0 aromatic rings. The Morgan fingerprint density at radius 2 is 0.553 bits per heavy atom. The number of alkyl carbamates (subject to hydrolysis) is 8. The first-order valence-electron chi connectivity index (χ1n) is 37.7. The molecule has 664 valence electrons. The smallest absolute Gasteiger partial charge is 0.408 e. The largest absolute Gasteiger partial charge is 0.480 e. The number of nitrogens with two attached hydrogens (primary N) is 1. The van der Waals surface area contributed by atoms with E-state index >= 15 is 0 Å². The van der Waals surface area contributed by atoms with Gasteiger partial charge in [-0.05, 0) is 250 Å². The Kier molecular flexibility index (Phi) is 57.1. The summed E-state index contributed by atoms with van der Waals surface area (Å²) in [5, 5.41) is 45.7. The second-order valence-corrected chi connectivity index (χ2v) is 33.5. The van der Waals surface area contributed by atoms with E-state index in [-0.39, 0.29) is 43.8 Å². The van der Waals surface area contributed by atoms with Gasteiger partial charge in [0, 0.05) is 38.8 Å². The first kappa shape index (κ1) is 113. The zero-order chi connectivity index (χ0) is 89.7. The van der Waals surface area contributed by atoms with Crippen molar-refractivity contribution in [1.82, 2.24) is 58.5 Å². The summed E-state index contributed by atoms with van der Waals surface area (Å²) in [6, 6.07) is -2.70. The maximum atomic E-state index is 12.3. The number of amides is 10. The number of nitrogens with one attached hydrogen (secondary N) is 11. The first-order valence-corrected chi connectivity index (χ1v) is 37.7. The SMILES string of the molecule is CC(=O)C(CCCCNC(=O)OC(C)(C)C)NC(=O)OC(C)(C)C.CC(C)(C)OC(=O)NCCCCC(CNCC(=O)O)NC(=O)OC(C)(C)C.CC(C)(C)OC(=O)NCCCCC(NC(=O)OC(C)(C)C)C(=O)NCC(=O)O.COC(=O)CN.COC(=O)CNC(=O)C(CCCCNC(=O)OC(C)(C)C)NC(=O)OC(C)(C)C. The van der Waals surface area contributed by atoms with E-state index < -0.39 is 148 Å². The number of carboxylic acid groups (broad SMARTS) is 2. The molecule has 0 saturated carbocycles. The molecule has 39 heteroatoms. The van der Waals surface area contributed by atoms with Crippen LogP contribution in [0.5, 0.6) is 0 Å². The van der Waals surface area contributed by atoms with Crippen LogP contribution >= 0.6 is 0 Å². The maximum absolute atomic E-state index is 12.3. The van der Waals surface area contributed by atoms with Gasteiger partial charge in [0.25, 0.3) is 0 Å². The summed E-state index contributed by atoms with van der Waals surface area (Å²) in [6.07, 6.45) is 1.94. The molecular formula is C75H142N12O27. The fourth-order valence-corrected chi connectivity index (χ4v) is 8.00. The van der Waals surface area contributed by atoms with Gasteiger partial charge in [-0.15, -0.1) is 0 Å². The number of hydrogen-bond acceptors (Lipinski definition) is 27. The highest BCUT2D eigenvalue weighted by Crippen LogP contribution is 2.15. The van der Waals surface area contributed by atoms with Crippen molar-refractivity contribution in [3.05, 3.63) is 0 Å². The van der Waals surface area contributed by atoms with Gasteiger partial charge in [-0.3, -0.25) is 33.6 Å². The second kappa shape index (κ2) is 57.6. The zero-order valence-corrected chi connectivity index (χ0v) is 72.8. The van der Waals surface area contributed by atoms with Crippen LogP contribution in [0.25, 0.3) is 0 Å². The minimum Gasteiger partial charge on any atom is -0.480 e. The van der Waals surface area contributed by atoms with Crippen LogP contribution in [0.1, 0.15) is 250 Å². The van der Waals surface area contributed by atoms with Crippen molar-refractivity contribution in [2.75, 3.05) is 73.1 Å². The Bertz CT molecular complexity index is 2910. The van der Waals surface area contributed by atoms with Gasteiger partial charge >= 0.3 is 72.6 Å². The fraction of sp³-hybridized carbons (Fsp3) is 0.800. The highest BCUT2D eigenvalue weighted by atomic mass is 16.6. The molecule has 0 aromatic carbocycles. The second-order valence-electron chi connectivity index (χ2n) is 33.5. The normalized spacial score (nSPS) is 12.4. The Morgan fingerprint density at radius 3 is 0.798 bits per heavy atom. The zero-order valence-electron chi connectivity index (χ0n) is 72.8. The molecular weight excluding hydrogens is 1500 g/mol. The average Bonchev–Trinajstić information content (AvgIpc) is 0.903. The average molecular weight is 1640 g/mol. The number of carboxylic acids is 2. The van der Waals surface area contributed by atoms with Crippen LogP contribution in [-0.4, -0.2) is 243 Å². The minimum absolute atomic E-state index is 0.0312. The van der Waals surface area contributed by atoms with Crippen molar-refractivity contribution < 1.29 is 129 Å². The number of ether oxygens (including phenoxy) is 10. The quantitative estimate of drug-likeness (QED) is 0.0160. The summed E-state index contributed by atoms with van der Waals surface area (Å²) < 4.78 is 49.8. The number of aliphatic carboxylic acids is 2. The number of esters is 2. The van der Waals surface area contributed by atoms with Crippen molar-refractivity contribution >= 4 is 90.2 Å². The van der Waals surface area contributed by atoms with Crippen LogP contribution in [0.4, 0.5) is 38.4 Å². The van der Waals surface area contributed by atoms with E-state index in [0.29, 0.717) is 96.9 Å². The lowest BCUT2D eigenvalue weighted by Gasteiger charge is -2.24. The van der Waals surface area contributed by atoms with Crippen LogP contribution in [0.2, 0.25) is 0 Å². The van der Waals surface area contributed by atoms with E-state index in [0.717, 1.165) is 6.42 Å². The van der Waals surface area contributed by atoms with E-state index in [1.165, 1.54) is 21.1 Å². The van der Waals surface area contributed by atoms with Crippen LogP contribution in [-0.2, 0) is 80.9 Å². The Hall–Kier alpha value is -9.43. The molecule has 15 N–H and O–H groups in total. The molecule has 0 aromatic heterocycles. The third kappa shape index (κ3) is 83.5. The first-order chi connectivity index (χ1) is 51.8. The summed E-state index contributed by atoms with van der Waals surface area (Å²) in [6.45, 7) is 44.4. The predicted molar refractivity (Wildman–Crippen MR) is 423 cm³/mol. The van der Waals surface area contributed by atoms with Gasteiger partial charge in [-0.25, -0.2) is 38.4 Å². The predicted octanol–water partition coefficient (Wildman–Crippen LogP) is 8.17. The third-order valence-electron chi connectivity index (χ3n) is 12.4. The third-order valence-corrected chi connectivity index (χ3v) is 12.4. The van der Waals surface area contributed by atoms with Gasteiger partial charge in [0.2, 0.25) is 11.8 Å². The Balaban J connectivity index is -0.000000452. The molecule has 4 atom stereocenters. The van der Waals surface area contributed by atoms with Gasteiger partial charge in [0.15, 0.2) is 5.78 Å². The van der Waals surface area contributed by atoms with Gasteiger partial charge in [0.1, 0.15) is 70.0 Å². The van der Waals surface area contributed by atoms with E-state index in [4.69, 9.17) is 53.8 Å². The van der Waals surface area contributed by atoms with Gasteiger partial charge in [-0.2, -0.15) is 0 Å². The van der Waals surface area contributed by atoms with Crippen LogP contribution in [0, 0.1) is 0 Å². The van der Waals surface area contributed by atoms with Crippen LogP contribution in [0.3, 0.4) is 0 Å². The number of hydrogen-bond donors (Lipinski definition) is 14. The molecule has 0 rings (SSSR count). The monoisotopic (exact) mass is 1640 g/mol. The molecule has 0 heterocycles. The van der Waals surface area contributed by atoms with Crippen molar-refractivity contribution in [3.8, 4) is 0 Å². The molecule has 10 amide bonds. The lowest BCUT2D eigenvalue weighted by atomic mass is 10.1. The van der Waals surface area contributed by atoms with E-state index in [9.17, 15) is 71.9 Å². The molecule has 0 aliphatic carbocycles. The molecule has 0 aliphatic rings. The van der Waals surface area contributed by atoms with Crippen molar-refractivity contribution in [2.24, 2.45) is 5.73 Å². The lowest BCUT2D eigenvalue weighted by molar-refractivity contribution is -0.141. The molecule has 0 saturated heterocycles. The lowest BCUT2D eigenvalue weighted by Crippen LogP contribution is -2.49. The van der Waals surface area contributed by atoms with Crippen LogP contribution < -0.4 is 64.2 Å². The molecule has 0 bridgehead atoms. The van der Waals surface area contributed by atoms with Crippen LogP contribution in [0.15, 0.2) is 0 Å². The van der Waals surface area contributed by atoms with E-state index in [1.807, 2.05) is 0 Å². The Labute approximate surface area is 673 Å². The highest BCUT2D eigenvalue weighted by molar-refractivity contribution is 5.89. The van der Waals surface area contributed by atoms with Crippen molar-refractivity contribution in [1.29, 1.82) is 0 Å². The summed E-state index contributed by atoms with van der Waals surface area (Å²) in [4.78, 5) is 172. The molecule has 39 nitrogen and oxygen atoms in total. The molecule has 0 spiro atoms. The van der Waals surface area contributed by atoms with Gasteiger partial charge in [-0.1, -0.05) is 0 Å². The summed E-state index contributed by atoms with van der Waals surface area (Å²) in [5.41, 5.74) is -0.0911. The highest BCUT2D eigenvalue weighted by Gasteiger charge is 2.29. The number of Topliss-reactive ketones (excluding diaryl/α,β-unsaturated/α-hetero) is 1. The molecule has 0 fully saturated rings. The molecule has 0 aliphatic heterocycles. The van der Waals surface area contributed by atoms with Gasteiger partial charge in [0.05, 0.1) is 33.4 Å². The van der Waals surface area contributed by atoms with E-state index in [2.05, 4.69) is 68.0 Å². The summed E-state index contributed by atoms with van der Waals surface area (Å²) >= 11 is 0. The number of ketones is 1. The summed E-state index contributed by atoms with van der Waals surface area (Å²) in [5.74, 6) is -4.40. The molecule has 0 radical (unpaired) electrons. The maximum Gasteiger partial charge on any atom is 0.408 e. The molecule has 4 unspecified atom stereocenters. The van der Waals surface area contributed by atoms with Gasteiger partial charge < -0.3 is 122 Å². The van der Waals surface area contributed by atoms with Crippen molar-refractivity contribution in [3.63, 3.8) is 0 Å². The van der Waals surface area contributed by atoms with Crippen molar-refractivity contribution in [2.45, 2.75) is 319 Å². The Morgan fingerprint density at radius 1 is 0.307 bits per heavy atom. The van der Waals surface area contributed by atoms with E-state index in [1.54, 1.807) is 166 Å². The number of rotatable bonds is 36.